The van der Waals surface area contributed by atoms with E-state index in [2.05, 4.69) is 15.0 Å². The van der Waals surface area contributed by atoms with Crippen molar-refractivity contribution >= 4 is 32.7 Å². The molecule has 0 fully saturated rings. The van der Waals surface area contributed by atoms with E-state index in [9.17, 15) is 8.42 Å². The fourth-order valence-corrected chi connectivity index (χ4v) is 4.79. The van der Waals surface area contributed by atoms with Crippen molar-refractivity contribution in [3.63, 3.8) is 0 Å². The van der Waals surface area contributed by atoms with Crippen molar-refractivity contribution in [1.29, 1.82) is 0 Å². The maximum absolute atomic E-state index is 12.3. The Morgan fingerprint density at radius 1 is 1.29 bits per heavy atom. The van der Waals surface area contributed by atoms with Crippen LogP contribution in [0.5, 0.6) is 0 Å². The van der Waals surface area contributed by atoms with E-state index < -0.39 is 10.0 Å². The highest BCUT2D eigenvalue weighted by atomic mass is 32.2. The summed E-state index contributed by atoms with van der Waals surface area (Å²) in [5.41, 5.74) is 0. The maximum Gasteiger partial charge on any atom is 0.241 e. The van der Waals surface area contributed by atoms with Crippen molar-refractivity contribution in [3.05, 3.63) is 32.9 Å². The van der Waals surface area contributed by atoms with Gasteiger partial charge in [0.25, 0.3) is 0 Å². The molecule has 116 valence electrons. The number of thiazole rings is 1. The highest BCUT2D eigenvalue weighted by molar-refractivity contribution is 7.89. The van der Waals surface area contributed by atoms with E-state index in [0.29, 0.717) is 30.4 Å². The SMILES string of the molecule is CC(C)NCc1sccc1S(=O)(=O)NCCc1nccs1. The Balaban J connectivity index is 1.97. The van der Waals surface area contributed by atoms with Gasteiger partial charge < -0.3 is 5.32 Å². The molecule has 0 radical (unpaired) electrons. The second kappa shape index (κ2) is 7.46. The molecule has 0 aromatic carbocycles. The van der Waals surface area contributed by atoms with Gasteiger partial charge in [-0.15, -0.1) is 22.7 Å². The van der Waals surface area contributed by atoms with Crippen LogP contribution >= 0.6 is 22.7 Å². The second-order valence-electron chi connectivity index (χ2n) is 4.82. The fraction of sp³-hybridized carbons (Fsp3) is 0.462. The maximum atomic E-state index is 12.3. The summed E-state index contributed by atoms with van der Waals surface area (Å²) in [5, 5.41) is 7.88. The number of hydrogen-bond donors (Lipinski definition) is 2. The predicted octanol–water partition coefficient (Wildman–Crippen LogP) is 2.22. The molecule has 0 aliphatic rings. The van der Waals surface area contributed by atoms with Gasteiger partial charge in [-0.25, -0.2) is 18.1 Å². The smallest absolute Gasteiger partial charge is 0.241 e. The van der Waals surface area contributed by atoms with E-state index in [4.69, 9.17) is 0 Å². The Morgan fingerprint density at radius 3 is 2.76 bits per heavy atom. The molecule has 0 saturated carbocycles. The van der Waals surface area contributed by atoms with Gasteiger partial charge in [-0.3, -0.25) is 0 Å². The van der Waals surface area contributed by atoms with Gasteiger partial charge in [-0.05, 0) is 11.4 Å². The monoisotopic (exact) mass is 345 g/mol. The topological polar surface area (TPSA) is 71.1 Å². The molecule has 2 rings (SSSR count). The van der Waals surface area contributed by atoms with Gasteiger partial charge in [-0.2, -0.15) is 0 Å². The lowest BCUT2D eigenvalue weighted by molar-refractivity contribution is 0.571. The zero-order valence-electron chi connectivity index (χ0n) is 12.0. The number of sulfonamides is 1. The lowest BCUT2D eigenvalue weighted by Gasteiger charge is -2.10. The van der Waals surface area contributed by atoms with Gasteiger partial charge in [0.05, 0.1) is 9.90 Å². The Morgan fingerprint density at radius 2 is 2.10 bits per heavy atom. The molecule has 0 spiro atoms. The van der Waals surface area contributed by atoms with Crippen LogP contribution in [-0.4, -0.2) is 26.0 Å². The highest BCUT2D eigenvalue weighted by Crippen LogP contribution is 2.21. The first-order chi connectivity index (χ1) is 9.99. The molecule has 0 saturated heterocycles. The Bertz CT molecular complexity index is 648. The molecule has 0 unspecified atom stereocenters. The molecule has 2 heterocycles. The van der Waals surface area contributed by atoms with Crippen LogP contribution in [0.25, 0.3) is 0 Å². The molecule has 2 aromatic heterocycles. The third-order valence-corrected chi connectivity index (χ3v) is 6.21. The van der Waals surface area contributed by atoms with Gasteiger partial charge in [0.1, 0.15) is 0 Å². The summed E-state index contributed by atoms with van der Waals surface area (Å²) >= 11 is 2.99. The minimum atomic E-state index is -3.45. The van der Waals surface area contributed by atoms with E-state index in [1.807, 2.05) is 24.6 Å². The van der Waals surface area contributed by atoms with E-state index in [0.717, 1.165) is 9.88 Å². The number of nitrogens with one attached hydrogen (secondary N) is 2. The van der Waals surface area contributed by atoms with Crippen LogP contribution in [0.1, 0.15) is 23.7 Å². The highest BCUT2D eigenvalue weighted by Gasteiger charge is 2.19. The number of rotatable bonds is 8. The summed E-state index contributed by atoms with van der Waals surface area (Å²) in [6.45, 7) is 5.00. The van der Waals surface area contributed by atoms with E-state index >= 15 is 0 Å². The van der Waals surface area contributed by atoms with Crippen LogP contribution < -0.4 is 10.0 Å². The Kier molecular flexibility index (Phi) is 5.88. The molecule has 5 nitrogen and oxygen atoms in total. The standard InChI is InChI=1S/C13H19N3O2S3/c1-10(2)15-9-11-12(4-7-19-11)21(17,18)16-5-3-13-14-6-8-20-13/h4,6-8,10,15-16H,3,5,9H2,1-2H3. The summed E-state index contributed by atoms with van der Waals surface area (Å²) in [7, 11) is -3.45. The van der Waals surface area contributed by atoms with Gasteiger partial charge in [0, 0.05) is 42.0 Å². The third-order valence-electron chi connectivity index (χ3n) is 2.78. The minimum Gasteiger partial charge on any atom is -0.310 e. The zero-order valence-corrected chi connectivity index (χ0v) is 14.4. The van der Waals surface area contributed by atoms with Crippen LogP contribution in [0.3, 0.4) is 0 Å². The molecular formula is C13H19N3O2S3. The Hall–Kier alpha value is -0.800. The van der Waals surface area contributed by atoms with Gasteiger partial charge in [0.2, 0.25) is 10.0 Å². The largest absolute Gasteiger partial charge is 0.310 e. The molecule has 8 heteroatoms. The van der Waals surface area contributed by atoms with E-state index in [1.165, 1.54) is 22.7 Å². The minimum absolute atomic E-state index is 0.320. The summed E-state index contributed by atoms with van der Waals surface area (Å²) in [5.74, 6) is 0. The number of hydrogen-bond acceptors (Lipinski definition) is 6. The number of nitrogens with zero attached hydrogens (tertiary/aromatic N) is 1. The lowest BCUT2D eigenvalue weighted by atomic mass is 10.4. The Labute approximate surface area is 133 Å². The average molecular weight is 346 g/mol. The van der Waals surface area contributed by atoms with Gasteiger partial charge in [-0.1, -0.05) is 13.8 Å². The van der Waals surface area contributed by atoms with Crippen molar-refractivity contribution in [3.8, 4) is 0 Å². The predicted molar refractivity (Wildman–Crippen MR) is 87.3 cm³/mol. The first-order valence-corrected chi connectivity index (χ1v) is 9.91. The van der Waals surface area contributed by atoms with E-state index in [1.54, 1.807) is 12.3 Å². The molecule has 21 heavy (non-hydrogen) atoms. The second-order valence-corrected chi connectivity index (χ2v) is 8.53. The lowest BCUT2D eigenvalue weighted by Crippen LogP contribution is -2.28. The molecule has 0 amide bonds. The molecular weight excluding hydrogens is 326 g/mol. The first kappa shape index (κ1) is 16.6. The van der Waals surface area contributed by atoms with Crippen LogP contribution in [-0.2, 0) is 23.0 Å². The van der Waals surface area contributed by atoms with Crippen molar-refractivity contribution in [2.45, 2.75) is 37.8 Å². The van der Waals surface area contributed by atoms with Gasteiger partial charge >= 0.3 is 0 Å². The van der Waals surface area contributed by atoms with Gasteiger partial charge in [0.15, 0.2) is 0 Å². The quantitative estimate of drug-likeness (QED) is 0.770. The number of thiophene rings is 1. The zero-order chi connectivity index (χ0) is 15.3. The molecule has 0 aliphatic heterocycles. The summed E-state index contributed by atoms with van der Waals surface area (Å²) < 4.78 is 27.3. The van der Waals surface area contributed by atoms with Crippen molar-refractivity contribution in [2.75, 3.05) is 6.54 Å². The molecule has 0 aliphatic carbocycles. The van der Waals surface area contributed by atoms with Crippen LogP contribution in [0.4, 0.5) is 0 Å². The fourth-order valence-electron chi connectivity index (χ4n) is 1.74. The molecule has 0 bridgehead atoms. The van der Waals surface area contributed by atoms with Crippen molar-refractivity contribution in [2.24, 2.45) is 0 Å². The molecule has 2 aromatic rings. The van der Waals surface area contributed by atoms with Crippen LogP contribution in [0.2, 0.25) is 0 Å². The normalized spacial score (nSPS) is 12.1. The van der Waals surface area contributed by atoms with Crippen LogP contribution in [0, 0.1) is 0 Å². The summed E-state index contributed by atoms with van der Waals surface area (Å²) in [4.78, 5) is 5.35. The first-order valence-electron chi connectivity index (χ1n) is 6.67. The van der Waals surface area contributed by atoms with E-state index in [-0.39, 0.29) is 0 Å². The number of aromatic nitrogens is 1. The summed E-state index contributed by atoms with van der Waals surface area (Å²) in [6.07, 6.45) is 2.34. The van der Waals surface area contributed by atoms with Crippen LogP contribution in [0.15, 0.2) is 27.9 Å². The molecule has 0 atom stereocenters. The van der Waals surface area contributed by atoms with Crippen molar-refractivity contribution < 1.29 is 8.42 Å². The third kappa shape index (κ3) is 4.86. The average Bonchev–Trinajstić information content (AvgIpc) is 3.07. The summed E-state index contributed by atoms with van der Waals surface area (Å²) in [6, 6.07) is 1.98. The molecule has 2 N–H and O–H groups in total. The van der Waals surface area contributed by atoms with Crippen molar-refractivity contribution in [1.82, 2.24) is 15.0 Å².